The van der Waals surface area contributed by atoms with Gasteiger partial charge in [0.1, 0.15) is 0 Å². The molecule has 1 amide bonds. The highest BCUT2D eigenvalue weighted by atomic mass is 16.5. The van der Waals surface area contributed by atoms with Crippen LogP contribution in [0.25, 0.3) is 0 Å². The lowest BCUT2D eigenvalue weighted by atomic mass is 9.92. The molecule has 2 rings (SSSR count). The Kier molecular flexibility index (Phi) is 5.01. The second-order valence-electron chi connectivity index (χ2n) is 5.65. The number of aliphatic hydroxyl groups is 1. The van der Waals surface area contributed by atoms with Crippen molar-refractivity contribution in [3.8, 4) is 0 Å². The van der Waals surface area contributed by atoms with Crippen molar-refractivity contribution in [2.75, 3.05) is 19.8 Å². The van der Waals surface area contributed by atoms with Crippen LogP contribution in [0.1, 0.15) is 45.4 Å². The Labute approximate surface area is 109 Å². The largest absolute Gasteiger partial charge is 0.393 e. The molecule has 1 N–H and O–H groups in total. The number of hydrogen-bond acceptors (Lipinski definition) is 3. The van der Waals surface area contributed by atoms with Crippen LogP contribution >= 0.6 is 0 Å². The molecule has 2 saturated heterocycles. The van der Waals surface area contributed by atoms with Crippen LogP contribution in [0, 0.1) is 5.92 Å². The van der Waals surface area contributed by atoms with Crippen LogP contribution < -0.4 is 0 Å². The van der Waals surface area contributed by atoms with E-state index in [1.807, 2.05) is 11.8 Å². The van der Waals surface area contributed by atoms with Crippen molar-refractivity contribution in [3.63, 3.8) is 0 Å². The molecule has 0 aromatic carbocycles. The van der Waals surface area contributed by atoms with Gasteiger partial charge in [-0.05, 0) is 45.4 Å². The number of rotatable bonds is 3. The molecule has 104 valence electrons. The zero-order chi connectivity index (χ0) is 13.0. The van der Waals surface area contributed by atoms with Gasteiger partial charge in [-0.1, -0.05) is 0 Å². The normalized spacial score (nSPS) is 28.1. The van der Waals surface area contributed by atoms with Gasteiger partial charge in [-0.25, -0.2) is 0 Å². The predicted molar refractivity (Wildman–Crippen MR) is 69.2 cm³/mol. The third-order valence-electron chi connectivity index (χ3n) is 4.09. The second-order valence-corrected chi connectivity index (χ2v) is 5.65. The van der Waals surface area contributed by atoms with Gasteiger partial charge in [0.2, 0.25) is 5.91 Å². The smallest absolute Gasteiger partial charge is 0.226 e. The molecule has 0 saturated carbocycles. The van der Waals surface area contributed by atoms with Crippen LogP contribution in [0.4, 0.5) is 0 Å². The van der Waals surface area contributed by atoms with Gasteiger partial charge in [0.25, 0.3) is 0 Å². The maximum atomic E-state index is 12.5. The van der Waals surface area contributed by atoms with E-state index in [-0.39, 0.29) is 18.1 Å². The van der Waals surface area contributed by atoms with Crippen LogP contribution in [0.5, 0.6) is 0 Å². The maximum absolute atomic E-state index is 12.5. The molecule has 4 nitrogen and oxygen atoms in total. The fourth-order valence-corrected chi connectivity index (χ4v) is 3.11. The zero-order valence-corrected chi connectivity index (χ0v) is 11.3. The maximum Gasteiger partial charge on any atom is 0.226 e. The van der Waals surface area contributed by atoms with Crippen LogP contribution in [0.2, 0.25) is 0 Å². The fraction of sp³-hybridized carbons (Fsp3) is 0.929. The molecular formula is C14H25NO3. The lowest BCUT2D eigenvalue weighted by Gasteiger charge is -2.39. The van der Waals surface area contributed by atoms with E-state index in [2.05, 4.69) is 0 Å². The Balaban J connectivity index is 1.96. The number of ether oxygens (including phenoxy) is 1. The summed E-state index contributed by atoms with van der Waals surface area (Å²) in [5.41, 5.74) is 0. The molecule has 2 fully saturated rings. The van der Waals surface area contributed by atoms with E-state index < -0.39 is 0 Å². The van der Waals surface area contributed by atoms with E-state index in [1.165, 1.54) is 6.42 Å². The summed E-state index contributed by atoms with van der Waals surface area (Å²) in [5, 5.41) is 9.56. The summed E-state index contributed by atoms with van der Waals surface area (Å²) in [6.45, 7) is 4.11. The third-order valence-corrected chi connectivity index (χ3v) is 4.09. The summed E-state index contributed by atoms with van der Waals surface area (Å²) in [5.74, 6) is 0.442. The van der Waals surface area contributed by atoms with Crippen molar-refractivity contribution in [1.82, 2.24) is 4.90 Å². The lowest BCUT2D eigenvalue weighted by molar-refractivity contribution is -0.143. The number of amides is 1. The van der Waals surface area contributed by atoms with Crippen molar-refractivity contribution >= 4 is 5.91 Å². The minimum Gasteiger partial charge on any atom is -0.393 e. The monoisotopic (exact) mass is 255 g/mol. The van der Waals surface area contributed by atoms with Crippen molar-refractivity contribution in [2.45, 2.75) is 57.6 Å². The Morgan fingerprint density at radius 2 is 2.06 bits per heavy atom. The number of likely N-dealkylation sites (tertiary alicyclic amines) is 1. The van der Waals surface area contributed by atoms with Gasteiger partial charge >= 0.3 is 0 Å². The summed E-state index contributed by atoms with van der Waals surface area (Å²) in [7, 11) is 0. The van der Waals surface area contributed by atoms with Crippen LogP contribution in [0.3, 0.4) is 0 Å². The van der Waals surface area contributed by atoms with E-state index in [4.69, 9.17) is 4.74 Å². The van der Waals surface area contributed by atoms with Crippen molar-refractivity contribution < 1.29 is 14.6 Å². The number of carbonyl (C=O) groups is 1. The molecule has 0 radical (unpaired) electrons. The Bertz CT molecular complexity index is 274. The number of piperidine rings is 1. The van der Waals surface area contributed by atoms with Gasteiger partial charge in [0, 0.05) is 31.7 Å². The predicted octanol–water partition coefficient (Wildman–Crippen LogP) is 1.56. The first-order valence-corrected chi connectivity index (χ1v) is 7.24. The number of carbonyl (C=O) groups excluding carboxylic acids is 1. The Hall–Kier alpha value is -0.610. The molecule has 2 atom stereocenters. The van der Waals surface area contributed by atoms with E-state index in [9.17, 15) is 9.90 Å². The molecule has 0 aliphatic carbocycles. The minimum atomic E-state index is -0.321. The SMILES string of the molecule is CC(O)CC1CCCCN1C(=O)C1CCOCC1. The lowest BCUT2D eigenvalue weighted by Crippen LogP contribution is -2.48. The third kappa shape index (κ3) is 3.45. The van der Waals surface area contributed by atoms with E-state index in [0.717, 1.165) is 38.6 Å². The van der Waals surface area contributed by atoms with Crippen molar-refractivity contribution in [1.29, 1.82) is 0 Å². The quantitative estimate of drug-likeness (QED) is 0.832. The first-order chi connectivity index (χ1) is 8.68. The first-order valence-electron chi connectivity index (χ1n) is 7.24. The number of aliphatic hydroxyl groups excluding tert-OH is 1. The Morgan fingerprint density at radius 1 is 1.33 bits per heavy atom. The summed E-state index contributed by atoms with van der Waals surface area (Å²) >= 11 is 0. The molecule has 2 heterocycles. The summed E-state index contributed by atoms with van der Waals surface area (Å²) in [4.78, 5) is 14.6. The van der Waals surface area contributed by atoms with Crippen molar-refractivity contribution in [2.24, 2.45) is 5.92 Å². The molecular weight excluding hydrogens is 230 g/mol. The average molecular weight is 255 g/mol. The average Bonchev–Trinajstić information content (AvgIpc) is 2.39. The first kappa shape index (κ1) is 13.8. The van der Waals surface area contributed by atoms with Crippen LogP contribution in [-0.2, 0) is 9.53 Å². The van der Waals surface area contributed by atoms with Gasteiger partial charge in [-0.15, -0.1) is 0 Å². The van der Waals surface area contributed by atoms with Gasteiger partial charge in [0.15, 0.2) is 0 Å². The van der Waals surface area contributed by atoms with Gasteiger partial charge in [-0.3, -0.25) is 4.79 Å². The number of hydrogen-bond donors (Lipinski definition) is 1. The Morgan fingerprint density at radius 3 is 2.72 bits per heavy atom. The van der Waals surface area contributed by atoms with E-state index in [0.29, 0.717) is 19.1 Å². The second kappa shape index (κ2) is 6.53. The molecule has 18 heavy (non-hydrogen) atoms. The molecule has 0 bridgehead atoms. The standard InChI is InChI=1S/C14H25NO3/c1-11(16)10-13-4-2-3-7-15(13)14(17)12-5-8-18-9-6-12/h11-13,16H,2-10H2,1H3. The molecule has 2 aliphatic heterocycles. The fourth-order valence-electron chi connectivity index (χ4n) is 3.11. The van der Waals surface area contributed by atoms with E-state index in [1.54, 1.807) is 0 Å². The van der Waals surface area contributed by atoms with Crippen LogP contribution in [-0.4, -0.2) is 47.8 Å². The summed E-state index contributed by atoms with van der Waals surface area (Å²) in [6, 6.07) is 0.245. The highest BCUT2D eigenvalue weighted by molar-refractivity contribution is 5.79. The highest BCUT2D eigenvalue weighted by Gasteiger charge is 2.32. The highest BCUT2D eigenvalue weighted by Crippen LogP contribution is 2.26. The summed E-state index contributed by atoms with van der Waals surface area (Å²) < 4.78 is 5.32. The molecule has 0 aromatic heterocycles. The van der Waals surface area contributed by atoms with Crippen LogP contribution in [0.15, 0.2) is 0 Å². The summed E-state index contributed by atoms with van der Waals surface area (Å²) in [6.07, 6.45) is 5.43. The van der Waals surface area contributed by atoms with E-state index >= 15 is 0 Å². The molecule has 0 spiro atoms. The van der Waals surface area contributed by atoms with Gasteiger partial charge in [0.05, 0.1) is 6.10 Å². The molecule has 2 unspecified atom stereocenters. The number of nitrogens with zero attached hydrogens (tertiary/aromatic N) is 1. The molecule has 4 heteroatoms. The molecule has 0 aromatic rings. The van der Waals surface area contributed by atoms with Crippen molar-refractivity contribution in [3.05, 3.63) is 0 Å². The zero-order valence-electron chi connectivity index (χ0n) is 11.3. The minimum absolute atomic E-state index is 0.147. The molecule has 2 aliphatic rings. The van der Waals surface area contributed by atoms with Gasteiger partial charge in [-0.2, -0.15) is 0 Å². The topological polar surface area (TPSA) is 49.8 Å². The van der Waals surface area contributed by atoms with Gasteiger partial charge < -0.3 is 14.7 Å².